The van der Waals surface area contributed by atoms with Crippen LogP contribution in [0.5, 0.6) is 0 Å². The van der Waals surface area contributed by atoms with Gasteiger partial charge in [-0.1, -0.05) is 19.8 Å². The molecule has 1 rings (SSSR count). The van der Waals surface area contributed by atoms with Crippen LogP contribution in [0.25, 0.3) is 0 Å². The van der Waals surface area contributed by atoms with Crippen LogP contribution in [0.2, 0.25) is 0 Å². The highest BCUT2D eigenvalue weighted by molar-refractivity contribution is 5.80. The normalized spacial score (nSPS) is 20.6. The molecule has 0 bridgehead atoms. The molecule has 1 aliphatic rings. The minimum Gasteiger partial charge on any atom is -0.465 e. The smallest absolute Gasteiger partial charge is 0.326 e. The van der Waals surface area contributed by atoms with Gasteiger partial charge in [0, 0.05) is 13.0 Å². The molecule has 0 spiro atoms. The van der Waals surface area contributed by atoms with E-state index in [9.17, 15) is 4.79 Å². The lowest BCUT2D eigenvalue weighted by Gasteiger charge is -2.31. The van der Waals surface area contributed by atoms with Gasteiger partial charge in [0.1, 0.15) is 5.54 Å². The van der Waals surface area contributed by atoms with E-state index in [4.69, 9.17) is 9.47 Å². The Hall–Kier alpha value is -0.610. The highest BCUT2D eigenvalue weighted by atomic mass is 16.5. The molecule has 118 valence electrons. The number of hydrogen-bond acceptors (Lipinski definition) is 4. The van der Waals surface area contributed by atoms with Crippen LogP contribution in [-0.2, 0) is 14.3 Å². The van der Waals surface area contributed by atoms with Crippen LogP contribution < -0.4 is 5.32 Å². The van der Waals surface area contributed by atoms with Gasteiger partial charge in [0.25, 0.3) is 0 Å². The van der Waals surface area contributed by atoms with Crippen LogP contribution in [0.3, 0.4) is 0 Å². The van der Waals surface area contributed by atoms with E-state index in [2.05, 4.69) is 5.32 Å². The van der Waals surface area contributed by atoms with Crippen molar-refractivity contribution in [3.63, 3.8) is 0 Å². The number of carbonyl (C=O) groups excluding carboxylic acids is 1. The molecular formula is C16H31NO3. The minimum atomic E-state index is -0.653. The van der Waals surface area contributed by atoms with E-state index in [0.29, 0.717) is 18.9 Å². The third-order valence-corrected chi connectivity index (χ3v) is 4.08. The zero-order valence-electron chi connectivity index (χ0n) is 13.5. The molecule has 0 aromatic heterocycles. The second kappa shape index (κ2) is 8.63. The van der Waals surface area contributed by atoms with Gasteiger partial charge in [-0.15, -0.1) is 0 Å². The molecule has 1 N–H and O–H groups in total. The first-order chi connectivity index (χ1) is 9.51. The van der Waals surface area contributed by atoms with Gasteiger partial charge in [0.05, 0.1) is 12.7 Å². The first kappa shape index (κ1) is 17.4. The van der Waals surface area contributed by atoms with Crippen molar-refractivity contribution in [1.82, 2.24) is 5.32 Å². The molecule has 1 saturated carbocycles. The van der Waals surface area contributed by atoms with E-state index in [-0.39, 0.29) is 12.1 Å². The van der Waals surface area contributed by atoms with Crippen LogP contribution in [-0.4, -0.2) is 37.4 Å². The molecule has 1 aliphatic carbocycles. The first-order valence-corrected chi connectivity index (χ1v) is 8.05. The number of nitrogens with one attached hydrogen (secondary N) is 1. The van der Waals surface area contributed by atoms with Crippen molar-refractivity contribution in [3.05, 3.63) is 0 Å². The molecule has 20 heavy (non-hydrogen) atoms. The summed E-state index contributed by atoms with van der Waals surface area (Å²) in [4.78, 5) is 12.1. The molecule has 2 atom stereocenters. The van der Waals surface area contributed by atoms with E-state index in [1.807, 2.05) is 27.7 Å². The molecule has 2 unspecified atom stereocenters. The van der Waals surface area contributed by atoms with Gasteiger partial charge in [0.15, 0.2) is 0 Å². The molecule has 0 saturated heterocycles. The zero-order valence-corrected chi connectivity index (χ0v) is 13.5. The standard InChI is InChI=1S/C16H31NO3/c1-5-17-16(4,15(18)19-6-2)11-13(3)20-12-14-9-7-8-10-14/h13-14,17H,5-12H2,1-4H3. The molecule has 1 fully saturated rings. The quantitative estimate of drug-likeness (QED) is 0.662. The van der Waals surface area contributed by atoms with E-state index >= 15 is 0 Å². The number of rotatable bonds is 9. The monoisotopic (exact) mass is 285 g/mol. The van der Waals surface area contributed by atoms with Crippen LogP contribution in [0.1, 0.15) is 59.8 Å². The zero-order chi connectivity index (χ0) is 15.0. The molecule has 0 aromatic carbocycles. The molecule has 0 aromatic rings. The Morgan fingerprint density at radius 1 is 1.35 bits per heavy atom. The fourth-order valence-corrected chi connectivity index (χ4v) is 3.02. The Labute approximate surface area is 123 Å². The van der Waals surface area contributed by atoms with Gasteiger partial charge in [-0.3, -0.25) is 4.79 Å². The number of ether oxygens (including phenoxy) is 2. The average molecular weight is 285 g/mol. The van der Waals surface area contributed by atoms with Gasteiger partial charge in [0.2, 0.25) is 0 Å². The van der Waals surface area contributed by atoms with Crippen molar-refractivity contribution >= 4 is 5.97 Å². The molecule has 0 aliphatic heterocycles. The predicted octanol–water partition coefficient (Wildman–Crippen LogP) is 2.90. The Morgan fingerprint density at radius 2 is 2.00 bits per heavy atom. The fourth-order valence-electron chi connectivity index (χ4n) is 3.02. The maximum Gasteiger partial charge on any atom is 0.326 e. The second-order valence-electron chi connectivity index (χ2n) is 6.08. The summed E-state index contributed by atoms with van der Waals surface area (Å²) >= 11 is 0. The van der Waals surface area contributed by atoms with Crippen molar-refractivity contribution in [3.8, 4) is 0 Å². The molecule has 4 nitrogen and oxygen atoms in total. The van der Waals surface area contributed by atoms with E-state index in [0.717, 1.165) is 13.2 Å². The van der Waals surface area contributed by atoms with Gasteiger partial charge in [-0.05, 0) is 46.1 Å². The van der Waals surface area contributed by atoms with Crippen molar-refractivity contribution in [1.29, 1.82) is 0 Å². The third kappa shape index (κ3) is 5.41. The highest BCUT2D eigenvalue weighted by Crippen LogP contribution is 2.26. The van der Waals surface area contributed by atoms with Gasteiger partial charge < -0.3 is 14.8 Å². The van der Waals surface area contributed by atoms with Crippen LogP contribution in [0.15, 0.2) is 0 Å². The summed E-state index contributed by atoms with van der Waals surface area (Å²) in [6, 6.07) is 0. The van der Waals surface area contributed by atoms with Gasteiger partial charge >= 0.3 is 5.97 Å². The van der Waals surface area contributed by atoms with E-state index in [1.165, 1.54) is 25.7 Å². The summed E-state index contributed by atoms with van der Waals surface area (Å²) in [5, 5.41) is 3.25. The number of likely N-dealkylation sites (N-methyl/N-ethyl adjacent to an activating group) is 1. The lowest BCUT2D eigenvalue weighted by atomic mass is 9.94. The van der Waals surface area contributed by atoms with Crippen molar-refractivity contribution < 1.29 is 14.3 Å². The molecule has 0 amide bonds. The van der Waals surface area contributed by atoms with E-state index < -0.39 is 5.54 Å². The number of esters is 1. The summed E-state index contributed by atoms with van der Waals surface area (Å²) in [6.07, 6.45) is 5.95. The van der Waals surface area contributed by atoms with Crippen molar-refractivity contribution in [2.45, 2.75) is 71.4 Å². The fraction of sp³-hybridized carbons (Fsp3) is 0.938. The lowest BCUT2D eigenvalue weighted by molar-refractivity contribution is -0.152. The lowest BCUT2D eigenvalue weighted by Crippen LogP contribution is -2.52. The Bertz CT molecular complexity index is 289. The highest BCUT2D eigenvalue weighted by Gasteiger charge is 2.35. The van der Waals surface area contributed by atoms with Crippen molar-refractivity contribution in [2.24, 2.45) is 5.92 Å². The summed E-state index contributed by atoms with van der Waals surface area (Å²) in [5.74, 6) is 0.531. The predicted molar refractivity (Wildman–Crippen MR) is 80.7 cm³/mol. The van der Waals surface area contributed by atoms with Gasteiger partial charge in [-0.2, -0.15) is 0 Å². The maximum absolute atomic E-state index is 12.1. The first-order valence-electron chi connectivity index (χ1n) is 8.05. The van der Waals surface area contributed by atoms with E-state index in [1.54, 1.807) is 0 Å². The molecule has 0 heterocycles. The van der Waals surface area contributed by atoms with Crippen molar-refractivity contribution in [2.75, 3.05) is 19.8 Å². The minimum absolute atomic E-state index is 0.0593. The summed E-state index contributed by atoms with van der Waals surface area (Å²) in [6.45, 7) is 9.77. The molecular weight excluding hydrogens is 254 g/mol. The molecule has 4 heteroatoms. The Balaban J connectivity index is 2.44. The number of hydrogen-bond donors (Lipinski definition) is 1. The largest absolute Gasteiger partial charge is 0.465 e. The number of carbonyl (C=O) groups is 1. The topological polar surface area (TPSA) is 47.6 Å². The summed E-state index contributed by atoms with van der Waals surface area (Å²) in [7, 11) is 0. The molecule has 0 radical (unpaired) electrons. The second-order valence-corrected chi connectivity index (χ2v) is 6.08. The SMILES string of the molecule is CCNC(C)(CC(C)OCC1CCCC1)C(=O)OCC. The summed E-state index contributed by atoms with van der Waals surface area (Å²) < 4.78 is 11.1. The van der Waals surface area contributed by atoms with Crippen LogP contribution in [0, 0.1) is 5.92 Å². The van der Waals surface area contributed by atoms with Crippen LogP contribution in [0.4, 0.5) is 0 Å². The third-order valence-electron chi connectivity index (χ3n) is 4.08. The summed E-state index contributed by atoms with van der Waals surface area (Å²) in [5.41, 5.74) is -0.653. The Kier molecular flexibility index (Phi) is 7.52. The maximum atomic E-state index is 12.1. The Morgan fingerprint density at radius 3 is 2.55 bits per heavy atom. The van der Waals surface area contributed by atoms with Gasteiger partial charge in [-0.25, -0.2) is 0 Å². The average Bonchev–Trinajstić information content (AvgIpc) is 2.90. The van der Waals surface area contributed by atoms with Crippen LogP contribution >= 0.6 is 0 Å².